The largest absolute Gasteiger partial charge is 0.481 e. The lowest BCUT2D eigenvalue weighted by Crippen LogP contribution is -2.05. The fourth-order valence-corrected chi connectivity index (χ4v) is 1.08. The molecule has 0 aliphatic carbocycles. The van der Waals surface area contributed by atoms with E-state index in [4.69, 9.17) is 10.2 Å². The molecule has 0 unspecified atom stereocenters. The molecule has 3 N–H and O–H groups in total. The van der Waals surface area contributed by atoms with Crippen molar-refractivity contribution in [2.24, 2.45) is 0 Å². The van der Waals surface area contributed by atoms with Gasteiger partial charge in [-0.15, -0.1) is 0 Å². The van der Waals surface area contributed by atoms with Crippen LogP contribution in [0.3, 0.4) is 0 Å². The van der Waals surface area contributed by atoms with E-state index in [1.807, 2.05) is 0 Å². The number of aliphatic carboxylic acids is 2. The van der Waals surface area contributed by atoms with Crippen molar-refractivity contribution < 1.29 is 19.8 Å². The third-order valence-corrected chi connectivity index (χ3v) is 1.61. The maximum absolute atomic E-state index is 10.3. The van der Waals surface area contributed by atoms with Crippen LogP contribution in [0, 0.1) is 0 Å². The first-order valence-corrected chi connectivity index (χ1v) is 3.67. The highest BCUT2D eigenvalue weighted by atomic mass is 16.4. The molecule has 0 saturated heterocycles. The van der Waals surface area contributed by atoms with Crippen molar-refractivity contribution in [1.29, 1.82) is 0 Å². The summed E-state index contributed by atoms with van der Waals surface area (Å²) < 4.78 is 0. The molecule has 0 bridgehead atoms. The average molecular weight is 183 g/mol. The summed E-state index contributed by atoms with van der Waals surface area (Å²) in [7, 11) is 0. The number of carboxylic acid groups (broad SMARTS) is 2. The Morgan fingerprint density at radius 2 is 1.46 bits per heavy atom. The fraction of sp³-hybridized carbons (Fsp3) is 0.250. The molecule has 13 heavy (non-hydrogen) atoms. The maximum atomic E-state index is 10.3. The Morgan fingerprint density at radius 3 is 1.77 bits per heavy atom. The van der Waals surface area contributed by atoms with E-state index in [0.717, 1.165) is 0 Å². The molecular formula is C8H9NO4. The number of aromatic nitrogens is 1. The lowest BCUT2D eigenvalue weighted by molar-refractivity contribution is -0.137. The molecule has 0 atom stereocenters. The van der Waals surface area contributed by atoms with Crippen LogP contribution in [0.1, 0.15) is 11.1 Å². The molecule has 0 amide bonds. The van der Waals surface area contributed by atoms with Crippen LogP contribution in [0.4, 0.5) is 0 Å². The van der Waals surface area contributed by atoms with Crippen molar-refractivity contribution in [2.75, 3.05) is 0 Å². The minimum absolute atomic E-state index is 0.147. The lowest BCUT2D eigenvalue weighted by atomic mass is 10.1. The van der Waals surface area contributed by atoms with Crippen molar-refractivity contribution in [1.82, 2.24) is 4.98 Å². The number of hydrogen-bond acceptors (Lipinski definition) is 2. The normalized spacial score (nSPS) is 9.85. The number of aromatic amines is 1. The molecule has 0 spiro atoms. The average Bonchev–Trinajstić information content (AvgIpc) is 2.34. The van der Waals surface area contributed by atoms with Crippen molar-refractivity contribution in [3.8, 4) is 0 Å². The summed E-state index contributed by atoms with van der Waals surface area (Å²) in [6.45, 7) is 0. The van der Waals surface area contributed by atoms with E-state index in [1.165, 1.54) is 12.4 Å². The standard InChI is InChI=1S/C8H9NO4/c10-7(11)1-5-3-9-4-6(5)2-8(12)13/h3-4,9H,1-2H2,(H,10,11)(H,12,13). The third-order valence-electron chi connectivity index (χ3n) is 1.61. The number of rotatable bonds is 4. The number of carboxylic acids is 2. The minimum atomic E-state index is -0.966. The van der Waals surface area contributed by atoms with E-state index in [0.29, 0.717) is 11.1 Å². The summed E-state index contributed by atoms with van der Waals surface area (Å²) in [6, 6.07) is 0. The molecule has 1 aromatic rings. The van der Waals surface area contributed by atoms with E-state index >= 15 is 0 Å². The first kappa shape index (κ1) is 9.31. The minimum Gasteiger partial charge on any atom is -0.481 e. The van der Waals surface area contributed by atoms with Gasteiger partial charge in [0.15, 0.2) is 0 Å². The molecule has 0 aliphatic rings. The monoisotopic (exact) mass is 183 g/mol. The second-order valence-corrected chi connectivity index (χ2v) is 2.65. The van der Waals surface area contributed by atoms with Crippen molar-refractivity contribution >= 4 is 11.9 Å². The highest BCUT2D eigenvalue weighted by Crippen LogP contribution is 2.09. The molecule has 1 aromatic heterocycles. The van der Waals surface area contributed by atoms with E-state index in [2.05, 4.69) is 4.98 Å². The van der Waals surface area contributed by atoms with Gasteiger partial charge in [0.05, 0.1) is 12.8 Å². The van der Waals surface area contributed by atoms with E-state index < -0.39 is 11.9 Å². The topological polar surface area (TPSA) is 90.4 Å². The van der Waals surface area contributed by atoms with Crippen LogP contribution in [0.2, 0.25) is 0 Å². The summed E-state index contributed by atoms with van der Waals surface area (Å²) >= 11 is 0. The molecule has 1 rings (SSSR count). The highest BCUT2D eigenvalue weighted by molar-refractivity contribution is 5.74. The molecule has 0 saturated carbocycles. The molecule has 0 radical (unpaired) electrons. The molecule has 0 fully saturated rings. The summed E-state index contributed by atoms with van der Waals surface area (Å²) in [4.78, 5) is 23.4. The number of hydrogen-bond donors (Lipinski definition) is 3. The third kappa shape index (κ3) is 2.62. The Balaban J connectivity index is 2.76. The van der Waals surface area contributed by atoms with Gasteiger partial charge in [-0.05, 0) is 11.1 Å². The zero-order valence-electron chi connectivity index (χ0n) is 6.78. The molecule has 0 aromatic carbocycles. The summed E-state index contributed by atoms with van der Waals surface area (Å²) in [6.07, 6.45) is 2.72. The Hall–Kier alpha value is -1.78. The molecular weight excluding hydrogens is 174 g/mol. The van der Waals surface area contributed by atoms with Crippen LogP contribution in [0.5, 0.6) is 0 Å². The Labute approximate surface area is 74.0 Å². The summed E-state index contributed by atoms with van der Waals surface area (Å²) in [5.41, 5.74) is 1.05. The van der Waals surface area contributed by atoms with Gasteiger partial charge in [0.25, 0.3) is 0 Å². The van der Waals surface area contributed by atoms with Crippen molar-refractivity contribution in [2.45, 2.75) is 12.8 Å². The Bertz CT molecular complexity index is 298. The highest BCUT2D eigenvalue weighted by Gasteiger charge is 2.10. The number of carbonyl (C=O) groups is 2. The zero-order valence-corrected chi connectivity index (χ0v) is 6.78. The van der Waals surface area contributed by atoms with E-state index in [9.17, 15) is 9.59 Å². The van der Waals surface area contributed by atoms with Gasteiger partial charge in [0.2, 0.25) is 0 Å². The predicted octanol–water partition coefficient (Wildman–Crippen LogP) is 0.269. The van der Waals surface area contributed by atoms with E-state index in [-0.39, 0.29) is 12.8 Å². The first-order chi connectivity index (χ1) is 6.09. The smallest absolute Gasteiger partial charge is 0.307 e. The molecule has 5 heteroatoms. The fourth-order valence-electron chi connectivity index (χ4n) is 1.08. The van der Waals surface area contributed by atoms with Gasteiger partial charge < -0.3 is 15.2 Å². The van der Waals surface area contributed by atoms with Crippen LogP contribution in [0.25, 0.3) is 0 Å². The van der Waals surface area contributed by atoms with Crippen molar-refractivity contribution in [3.05, 3.63) is 23.5 Å². The summed E-state index contributed by atoms with van der Waals surface area (Å²) in [5.74, 6) is -1.93. The number of H-pyrrole nitrogens is 1. The molecule has 0 aliphatic heterocycles. The van der Waals surface area contributed by atoms with Crippen molar-refractivity contribution in [3.63, 3.8) is 0 Å². The van der Waals surface area contributed by atoms with Gasteiger partial charge in [-0.2, -0.15) is 0 Å². The predicted molar refractivity (Wildman–Crippen MR) is 43.5 cm³/mol. The second kappa shape index (κ2) is 3.75. The van der Waals surface area contributed by atoms with Crippen LogP contribution in [-0.4, -0.2) is 27.1 Å². The molecule has 5 nitrogen and oxygen atoms in total. The SMILES string of the molecule is O=C(O)Cc1c[nH]cc1CC(=O)O. The Morgan fingerprint density at radius 1 is 1.08 bits per heavy atom. The van der Waals surface area contributed by atoms with Crippen LogP contribution in [-0.2, 0) is 22.4 Å². The lowest BCUT2D eigenvalue weighted by Gasteiger charge is -1.96. The quantitative estimate of drug-likeness (QED) is 0.624. The van der Waals surface area contributed by atoms with E-state index in [1.54, 1.807) is 0 Å². The number of nitrogens with one attached hydrogen (secondary N) is 1. The van der Waals surface area contributed by atoms with Crippen LogP contribution >= 0.6 is 0 Å². The molecule has 1 heterocycles. The van der Waals surface area contributed by atoms with Gasteiger partial charge in [-0.1, -0.05) is 0 Å². The van der Waals surface area contributed by atoms with Crippen LogP contribution in [0.15, 0.2) is 12.4 Å². The Kier molecular flexibility index (Phi) is 2.69. The second-order valence-electron chi connectivity index (χ2n) is 2.65. The first-order valence-electron chi connectivity index (χ1n) is 3.67. The van der Waals surface area contributed by atoms with Gasteiger partial charge in [-0.25, -0.2) is 0 Å². The maximum Gasteiger partial charge on any atom is 0.307 e. The summed E-state index contributed by atoms with van der Waals surface area (Å²) in [5, 5.41) is 17.0. The van der Waals surface area contributed by atoms with Gasteiger partial charge in [-0.3, -0.25) is 9.59 Å². The molecule has 70 valence electrons. The van der Waals surface area contributed by atoms with Gasteiger partial charge in [0.1, 0.15) is 0 Å². The zero-order chi connectivity index (χ0) is 9.84. The van der Waals surface area contributed by atoms with Gasteiger partial charge >= 0.3 is 11.9 Å². The van der Waals surface area contributed by atoms with Gasteiger partial charge in [0, 0.05) is 12.4 Å². The van der Waals surface area contributed by atoms with Crippen LogP contribution < -0.4 is 0 Å².